The van der Waals surface area contributed by atoms with Crippen LogP contribution in [0.5, 0.6) is 0 Å². The molecule has 0 saturated heterocycles. The van der Waals surface area contributed by atoms with Crippen LogP contribution < -0.4 is 0 Å². The van der Waals surface area contributed by atoms with E-state index in [0.717, 1.165) is 5.56 Å². The molecule has 1 aliphatic rings. The molecule has 2 aromatic rings. The first-order valence-electron chi connectivity index (χ1n) is 5.99. The predicted octanol–water partition coefficient (Wildman–Crippen LogP) is 2.56. The van der Waals surface area contributed by atoms with Gasteiger partial charge in [0.05, 0.1) is 17.9 Å². The maximum Gasteiger partial charge on any atom is 0.339 e. The molecule has 0 spiro atoms. The summed E-state index contributed by atoms with van der Waals surface area (Å²) in [5.41, 5.74) is 0.307. The van der Waals surface area contributed by atoms with Gasteiger partial charge in [-0.1, -0.05) is 6.07 Å². The summed E-state index contributed by atoms with van der Waals surface area (Å²) in [7, 11) is 0. The molecule has 0 bridgehead atoms. The van der Waals surface area contributed by atoms with Crippen molar-refractivity contribution in [3.05, 3.63) is 53.9 Å². The van der Waals surface area contributed by atoms with Crippen molar-refractivity contribution < 1.29 is 13.9 Å². The molecule has 5 heteroatoms. The minimum atomic E-state index is -0.720. The van der Waals surface area contributed by atoms with Gasteiger partial charge >= 0.3 is 5.97 Å². The number of imidazole rings is 1. The fourth-order valence-electron chi connectivity index (χ4n) is 2.61. The van der Waals surface area contributed by atoms with E-state index in [-0.39, 0.29) is 11.6 Å². The first kappa shape index (κ1) is 11.9. The Kier molecular flexibility index (Phi) is 2.45. The van der Waals surface area contributed by atoms with Gasteiger partial charge in [0, 0.05) is 12.4 Å². The van der Waals surface area contributed by atoms with E-state index < -0.39 is 17.4 Å². The molecule has 0 fully saturated rings. The molecule has 1 aromatic carbocycles. The standard InChI is InChI=1S/C14H13FN2O2/c1-14(2)12(17-6-5-16-8-17)10-4-3-9(15)7-11(10)13(18)19-14/h3-8,12H,1-2H3/t12-/m0/s1. The first-order chi connectivity index (χ1) is 8.99. The zero-order valence-electron chi connectivity index (χ0n) is 10.6. The van der Waals surface area contributed by atoms with Gasteiger partial charge in [0.15, 0.2) is 0 Å². The highest BCUT2D eigenvalue weighted by molar-refractivity contribution is 5.93. The minimum absolute atomic E-state index is 0.219. The monoisotopic (exact) mass is 260 g/mol. The molecule has 0 radical (unpaired) electrons. The summed E-state index contributed by atoms with van der Waals surface area (Å²) in [5, 5.41) is 0. The number of nitrogens with zero attached hydrogens (tertiary/aromatic N) is 2. The lowest BCUT2D eigenvalue weighted by Gasteiger charge is -2.39. The second kappa shape index (κ2) is 3.91. The van der Waals surface area contributed by atoms with Crippen LogP contribution in [0.25, 0.3) is 0 Å². The highest BCUT2D eigenvalue weighted by atomic mass is 19.1. The predicted molar refractivity (Wildman–Crippen MR) is 66.3 cm³/mol. The molecule has 0 unspecified atom stereocenters. The van der Waals surface area contributed by atoms with Gasteiger partial charge in [-0.3, -0.25) is 0 Å². The molecule has 2 heterocycles. The van der Waals surface area contributed by atoms with Crippen molar-refractivity contribution in [1.82, 2.24) is 9.55 Å². The van der Waals surface area contributed by atoms with Crippen LogP contribution in [0.3, 0.4) is 0 Å². The lowest BCUT2D eigenvalue weighted by Crippen LogP contribution is -2.43. The van der Waals surface area contributed by atoms with Crippen LogP contribution in [0.4, 0.5) is 4.39 Å². The Morgan fingerprint density at radius 3 is 2.89 bits per heavy atom. The molecule has 1 aromatic heterocycles. The van der Waals surface area contributed by atoms with Gasteiger partial charge in [-0.15, -0.1) is 0 Å². The average molecular weight is 260 g/mol. The Labute approximate surface area is 109 Å². The van der Waals surface area contributed by atoms with Crippen LogP contribution in [0.2, 0.25) is 0 Å². The fraction of sp³-hybridized carbons (Fsp3) is 0.286. The SMILES string of the molecule is CC1(C)OC(=O)c2cc(F)ccc2[C@@H]1n1ccnc1. The van der Waals surface area contributed by atoms with Crippen molar-refractivity contribution in [2.24, 2.45) is 0 Å². The largest absolute Gasteiger partial charge is 0.453 e. The normalized spacial score (nSPS) is 20.8. The second-order valence-corrected chi connectivity index (χ2v) is 5.14. The summed E-state index contributed by atoms with van der Waals surface area (Å²) in [6, 6.07) is 3.99. The Bertz CT molecular complexity index is 635. The van der Waals surface area contributed by atoms with Crippen molar-refractivity contribution in [2.45, 2.75) is 25.5 Å². The highest BCUT2D eigenvalue weighted by Gasteiger charge is 2.42. The average Bonchev–Trinajstić information content (AvgIpc) is 2.82. The number of hydrogen-bond acceptors (Lipinski definition) is 3. The Morgan fingerprint density at radius 1 is 1.42 bits per heavy atom. The summed E-state index contributed by atoms with van der Waals surface area (Å²) in [5.74, 6) is -0.935. The van der Waals surface area contributed by atoms with Gasteiger partial charge in [0.2, 0.25) is 0 Å². The van der Waals surface area contributed by atoms with Gasteiger partial charge in [-0.25, -0.2) is 14.2 Å². The van der Waals surface area contributed by atoms with Crippen LogP contribution in [0.15, 0.2) is 36.9 Å². The Hall–Kier alpha value is -2.17. The summed E-state index contributed by atoms with van der Waals surface area (Å²) < 4.78 is 20.6. The van der Waals surface area contributed by atoms with Gasteiger partial charge in [0.1, 0.15) is 11.4 Å². The van der Waals surface area contributed by atoms with Crippen molar-refractivity contribution in [3.63, 3.8) is 0 Å². The van der Waals surface area contributed by atoms with Crippen molar-refractivity contribution in [2.75, 3.05) is 0 Å². The number of carbonyl (C=O) groups is 1. The molecule has 0 amide bonds. The molecule has 0 aliphatic carbocycles. The minimum Gasteiger partial charge on any atom is -0.453 e. The van der Waals surface area contributed by atoms with E-state index in [1.807, 2.05) is 18.4 Å². The number of ether oxygens (including phenoxy) is 1. The third-order valence-corrected chi connectivity index (χ3v) is 3.37. The Balaban J connectivity index is 2.22. The molecule has 0 N–H and O–H groups in total. The van der Waals surface area contributed by atoms with Crippen LogP contribution in [-0.2, 0) is 4.74 Å². The molecule has 1 atom stereocenters. The number of benzene rings is 1. The topological polar surface area (TPSA) is 44.1 Å². The maximum atomic E-state index is 13.3. The molecule has 0 saturated carbocycles. The van der Waals surface area contributed by atoms with Crippen molar-refractivity contribution in [1.29, 1.82) is 0 Å². The molecule has 19 heavy (non-hydrogen) atoms. The zero-order chi connectivity index (χ0) is 13.6. The highest BCUT2D eigenvalue weighted by Crippen LogP contribution is 2.39. The van der Waals surface area contributed by atoms with E-state index >= 15 is 0 Å². The molecule has 3 rings (SSSR count). The molecule has 1 aliphatic heterocycles. The lowest BCUT2D eigenvalue weighted by molar-refractivity contribution is -0.0262. The number of esters is 1. The van der Waals surface area contributed by atoms with E-state index in [9.17, 15) is 9.18 Å². The molecule has 4 nitrogen and oxygen atoms in total. The van der Waals surface area contributed by atoms with Gasteiger partial charge < -0.3 is 9.30 Å². The molecule has 98 valence electrons. The fourth-order valence-corrected chi connectivity index (χ4v) is 2.61. The summed E-state index contributed by atoms with van der Waals surface area (Å²) in [6.45, 7) is 3.67. The van der Waals surface area contributed by atoms with Gasteiger partial charge in [0.25, 0.3) is 0 Å². The van der Waals surface area contributed by atoms with Gasteiger partial charge in [-0.2, -0.15) is 0 Å². The van der Waals surface area contributed by atoms with E-state index in [4.69, 9.17) is 4.74 Å². The summed E-state index contributed by atoms with van der Waals surface area (Å²) in [4.78, 5) is 16.0. The number of rotatable bonds is 1. The number of aromatic nitrogens is 2. The number of fused-ring (bicyclic) bond motifs is 1. The van der Waals surface area contributed by atoms with Crippen LogP contribution in [0.1, 0.15) is 35.8 Å². The van der Waals surface area contributed by atoms with E-state index in [1.165, 1.54) is 12.1 Å². The summed E-state index contributed by atoms with van der Waals surface area (Å²) >= 11 is 0. The molecular weight excluding hydrogens is 247 g/mol. The van der Waals surface area contributed by atoms with Crippen molar-refractivity contribution >= 4 is 5.97 Å². The number of carbonyl (C=O) groups excluding carboxylic acids is 1. The third-order valence-electron chi connectivity index (χ3n) is 3.37. The second-order valence-electron chi connectivity index (χ2n) is 5.14. The smallest absolute Gasteiger partial charge is 0.339 e. The number of halogens is 1. The maximum absolute atomic E-state index is 13.3. The first-order valence-corrected chi connectivity index (χ1v) is 5.99. The molecular formula is C14H13FN2O2. The van der Waals surface area contributed by atoms with Crippen LogP contribution in [-0.4, -0.2) is 21.1 Å². The number of hydrogen-bond donors (Lipinski definition) is 0. The van der Waals surface area contributed by atoms with E-state index in [0.29, 0.717) is 0 Å². The van der Waals surface area contributed by atoms with Crippen molar-refractivity contribution in [3.8, 4) is 0 Å². The van der Waals surface area contributed by atoms with Crippen LogP contribution in [0, 0.1) is 5.82 Å². The lowest BCUT2D eigenvalue weighted by atomic mass is 9.85. The van der Waals surface area contributed by atoms with E-state index in [1.54, 1.807) is 24.8 Å². The van der Waals surface area contributed by atoms with Crippen LogP contribution >= 0.6 is 0 Å². The summed E-state index contributed by atoms with van der Waals surface area (Å²) in [6.07, 6.45) is 5.13. The zero-order valence-corrected chi connectivity index (χ0v) is 10.6. The number of cyclic esters (lactones) is 1. The van der Waals surface area contributed by atoms with Gasteiger partial charge in [-0.05, 0) is 31.5 Å². The quantitative estimate of drug-likeness (QED) is 0.740. The Morgan fingerprint density at radius 2 is 2.21 bits per heavy atom. The van der Waals surface area contributed by atoms with E-state index in [2.05, 4.69) is 4.98 Å². The third kappa shape index (κ3) is 1.82.